The number of carbonyl (C=O) groups excluding carboxylic acids is 2. The van der Waals surface area contributed by atoms with Crippen LogP contribution in [0, 0.1) is 11.7 Å². The quantitative estimate of drug-likeness (QED) is 0.690. The van der Waals surface area contributed by atoms with E-state index in [9.17, 15) is 14.0 Å². The second-order valence-corrected chi connectivity index (χ2v) is 4.41. The molecule has 0 amide bonds. The molecule has 0 radical (unpaired) electrons. The van der Waals surface area contributed by atoms with Gasteiger partial charge in [0.25, 0.3) is 0 Å². The summed E-state index contributed by atoms with van der Waals surface area (Å²) in [5.74, 6) is -0.254. The van der Waals surface area contributed by atoms with Gasteiger partial charge in [0, 0.05) is 24.3 Å². The zero-order valence-electron chi connectivity index (χ0n) is 10.9. The number of ketones is 2. The summed E-state index contributed by atoms with van der Waals surface area (Å²) in [5.41, 5.74) is 0.466. The van der Waals surface area contributed by atoms with Gasteiger partial charge in [-0.3, -0.25) is 9.59 Å². The summed E-state index contributed by atoms with van der Waals surface area (Å²) < 4.78 is 12.7. The number of benzene rings is 1. The van der Waals surface area contributed by atoms with Gasteiger partial charge in [-0.2, -0.15) is 0 Å². The van der Waals surface area contributed by atoms with Crippen molar-refractivity contribution in [1.29, 1.82) is 0 Å². The molecule has 18 heavy (non-hydrogen) atoms. The summed E-state index contributed by atoms with van der Waals surface area (Å²) in [4.78, 5) is 23.6. The fraction of sp³-hybridized carbons (Fsp3) is 0.467. The van der Waals surface area contributed by atoms with Crippen LogP contribution in [0.4, 0.5) is 4.39 Å². The lowest BCUT2D eigenvalue weighted by Gasteiger charge is -2.10. The molecule has 0 aromatic heterocycles. The molecule has 0 saturated carbocycles. The minimum Gasteiger partial charge on any atom is -0.299 e. The SMILES string of the molecule is CCC(CC)C(=O)CCC(=O)c1ccc(F)cc1. The number of halogens is 1. The Kier molecular flexibility index (Phi) is 5.69. The van der Waals surface area contributed by atoms with Crippen LogP contribution < -0.4 is 0 Å². The Hall–Kier alpha value is -1.51. The molecular weight excluding hydrogens is 231 g/mol. The summed E-state index contributed by atoms with van der Waals surface area (Å²) in [6, 6.07) is 5.43. The number of Topliss-reactive ketones (excluding diaryl/α,β-unsaturated/α-hetero) is 2. The molecule has 0 unspecified atom stereocenters. The number of carbonyl (C=O) groups is 2. The van der Waals surface area contributed by atoms with Gasteiger partial charge in [-0.25, -0.2) is 4.39 Å². The first-order valence-electron chi connectivity index (χ1n) is 6.40. The minimum absolute atomic E-state index is 0.0611. The van der Waals surface area contributed by atoms with Crippen LogP contribution in [0.25, 0.3) is 0 Å². The van der Waals surface area contributed by atoms with E-state index in [0.29, 0.717) is 5.56 Å². The van der Waals surface area contributed by atoms with Crippen LogP contribution in [0.15, 0.2) is 24.3 Å². The van der Waals surface area contributed by atoms with Crippen LogP contribution in [0.5, 0.6) is 0 Å². The third kappa shape index (κ3) is 4.06. The van der Waals surface area contributed by atoms with Crippen molar-refractivity contribution >= 4 is 11.6 Å². The van der Waals surface area contributed by atoms with Gasteiger partial charge < -0.3 is 0 Å². The van der Waals surface area contributed by atoms with E-state index in [-0.39, 0.29) is 36.1 Å². The van der Waals surface area contributed by atoms with Crippen molar-refractivity contribution in [2.75, 3.05) is 0 Å². The van der Waals surface area contributed by atoms with Gasteiger partial charge in [-0.1, -0.05) is 13.8 Å². The van der Waals surface area contributed by atoms with E-state index < -0.39 is 0 Å². The number of hydrogen-bond donors (Lipinski definition) is 0. The van der Waals surface area contributed by atoms with E-state index in [0.717, 1.165) is 12.8 Å². The molecule has 0 atom stereocenters. The molecule has 0 bridgehead atoms. The lowest BCUT2D eigenvalue weighted by molar-refractivity contribution is -0.123. The predicted octanol–water partition coefficient (Wildman–Crippen LogP) is 3.79. The van der Waals surface area contributed by atoms with Crippen molar-refractivity contribution in [1.82, 2.24) is 0 Å². The molecule has 0 heterocycles. The molecule has 0 aliphatic rings. The molecule has 0 N–H and O–H groups in total. The van der Waals surface area contributed by atoms with E-state index in [1.807, 2.05) is 13.8 Å². The Morgan fingerprint density at radius 2 is 1.61 bits per heavy atom. The summed E-state index contributed by atoms with van der Waals surface area (Å²) in [6.45, 7) is 3.96. The van der Waals surface area contributed by atoms with Crippen LogP contribution in [-0.2, 0) is 4.79 Å². The molecule has 3 heteroatoms. The lowest BCUT2D eigenvalue weighted by Crippen LogP contribution is -2.14. The maximum absolute atomic E-state index is 12.7. The Bertz CT molecular complexity index is 405. The highest BCUT2D eigenvalue weighted by atomic mass is 19.1. The van der Waals surface area contributed by atoms with Crippen molar-refractivity contribution in [2.24, 2.45) is 5.92 Å². The van der Waals surface area contributed by atoms with Gasteiger partial charge in [0.2, 0.25) is 0 Å². The molecule has 0 saturated heterocycles. The third-order valence-electron chi connectivity index (χ3n) is 3.21. The zero-order valence-corrected chi connectivity index (χ0v) is 10.9. The molecule has 1 aromatic rings. The molecular formula is C15H19FO2. The zero-order chi connectivity index (χ0) is 13.5. The normalized spacial score (nSPS) is 10.7. The first-order chi connectivity index (χ1) is 8.58. The average Bonchev–Trinajstić information content (AvgIpc) is 2.38. The molecule has 0 aliphatic heterocycles. The molecule has 1 rings (SSSR count). The molecule has 2 nitrogen and oxygen atoms in total. The monoisotopic (exact) mass is 250 g/mol. The van der Waals surface area contributed by atoms with E-state index in [2.05, 4.69) is 0 Å². The molecule has 1 aromatic carbocycles. The minimum atomic E-state index is -0.361. The van der Waals surface area contributed by atoms with E-state index in [4.69, 9.17) is 0 Å². The maximum atomic E-state index is 12.7. The van der Waals surface area contributed by atoms with Crippen molar-refractivity contribution < 1.29 is 14.0 Å². The Morgan fingerprint density at radius 3 is 2.11 bits per heavy atom. The highest BCUT2D eigenvalue weighted by Gasteiger charge is 2.16. The molecule has 0 spiro atoms. The van der Waals surface area contributed by atoms with Crippen molar-refractivity contribution in [2.45, 2.75) is 39.5 Å². The fourth-order valence-electron chi connectivity index (χ4n) is 1.96. The highest BCUT2D eigenvalue weighted by Crippen LogP contribution is 2.14. The largest absolute Gasteiger partial charge is 0.299 e. The Balaban J connectivity index is 2.51. The van der Waals surface area contributed by atoms with E-state index in [1.54, 1.807) is 0 Å². The third-order valence-corrected chi connectivity index (χ3v) is 3.21. The van der Waals surface area contributed by atoms with Crippen molar-refractivity contribution in [3.8, 4) is 0 Å². The Labute approximate surface area is 107 Å². The first kappa shape index (κ1) is 14.6. The van der Waals surface area contributed by atoms with Gasteiger partial charge >= 0.3 is 0 Å². The van der Waals surface area contributed by atoms with E-state index in [1.165, 1.54) is 24.3 Å². The average molecular weight is 250 g/mol. The molecule has 0 aliphatic carbocycles. The van der Waals surface area contributed by atoms with Gasteiger partial charge in [0.1, 0.15) is 11.6 Å². The summed E-state index contributed by atoms with van der Waals surface area (Å²) >= 11 is 0. The van der Waals surface area contributed by atoms with Crippen LogP contribution >= 0.6 is 0 Å². The van der Waals surface area contributed by atoms with Crippen LogP contribution in [0.1, 0.15) is 49.9 Å². The van der Waals surface area contributed by atoms with Gasteiger partial charge in [0.15, 0.2) is 5.78 Å². The van der Waals surface area contributed by atoms with Gasteiger partial charge in [0.05, 0.1) is 0 Å². The summed E-state index contributed by atoms with van der Waals surface area (Å²) in [7, 11) is 0. The molecule has 98 valence electrons. The van der Waals surface area contributed by atoms with Gasteiger partial charge in [-0.15, -0.1) is 0 Å². The second-order valence-electron chi connectivity index (χ2n) is 4.41. The van der Waals surface area contributed by atoms with Crippen molar-refractivity contribution in [3.63, 3.8) is 0 Å². The van der Waals surface area contributed by atoms with E-state index >= 15 is 0 Å². The predicted molar refractivity (Wildman–Crippen MR) is 69.0 cm³/mol. The topological polar surface area (TPSA) is 34.1 Å². The van der Waals surface area contributed by atoms with Gasteiger partial charge in [-0.05, 0) is 37.1 Å². The first-order valence-corrected chi connectivity index (χ1v) is 6.40. The second kappa shape index (κ2) is 7.04. The van der Waals surface area contributed by atoms with Crippen molar-refractivity contribution in [3.05, 3.63) is 35.6 Å². The highest BCUT2D eigenvalue weighted by molar-refractivity contribution is 5.98. The number of hydrogen-bond acceptors (Lipinski definition) is 2. The van der Waals surface area contributed by atoms with Crippen LogP contribution in [0.3, 0.4) is 0 Å². The van der Waals surface area contributed by atoms with Crippen LogP contribution in [-0.4, -0.2) is 11.6 Å². The Morgan fingerprint density at radius 1 is 1.06 bits per heavy atom. The maximum Gasteiger partial charge on any atom is 0.163 e. The molecule has 0 fully saturated rings. The standard InChI is InChI=1S/C15H19FO2/c1-3-11(4-2)14(17)9-10-15(18)12-5-7-13(16)8-6-12/h5-8,11H,3-4,9-10H2,1-2H3. The summed E-state index contributed by atoms with van der Waals surface area (Å²) in [5, 5.41) is 0. The lowest BCUT2D eigenvalue weighted by atomic mass is 9.93. The fourth-order valence-corrected chi connectivity index (χ4v) is 1.96. The van der Waals surface area contributed by atoms with Crippen LogP contribution in [0.2, 0.25) is 0 Å². The summed E-state index contributed by atoms with van der Waals surface area (Å²) in [6.07, 6.45) is 2.13. The smallest absolute Gasteiger partial charge is 0.163 e. The number of rotatable bonds is 7.